The number of hydrogen-bond donors (Lipinski definition) is 2. The molecule has 0 spiro atoms. The number of amides is 1. The van der Waals surface area contributed by atoms with Crippen molar-refractivity contribution < 1.29 is 33.6 Å². The molecule has 0 radical (unpaired) electrons. The highest BCUT2D eigenvalue weighted by Gasteiger charge is 2.61. The van der Waals surface area contributed by atoms with Gasteiger partial charge in [0.05, 0.1) is 24.4 Å². The predicted molar refractivity (Wildman–Crippen MR) is 160 cm³/mol. The summed E-state index contributed by atoms with van der Waals surface area (Å²) in [5.74, 6) is -0.645. The summed E-state index contributed by atoms with van der Waals surface area (Å²) in [4.78, 5) is 27.8. The van der Waals surface area contributed by atoms with Crippen molar-refractivity contribution in [2.45, 2.75) is 83.5 Å². The van der Waals surface area contributed by atoms with Crippen molar-refractivity contribution in [3.8, 4) is 23.3 Å². The zero-order chi connectivity index (χ0) is 31.1. The maximum absolute atomic E-state index is 13.7. The van der Waals surface area contributed by atoms with E-state index in [9.17, 15) is 9.90 Å². The molecule has 2 fully saturated rings. The van der Waals surface area contributed by atoms with E-state index in [-0.39, 0.29) is 31.7 Å². The highest BCUT2D eigenvalue weighted by Crippen LogP contribution is 2.50. The fourth-order valence-corrected chi connectivity index (χ4v) is 5.78. The minimum atomic E-state index is -0.921. The zero-order valence-electron chi connectivity index (χ0n) is 25.5. The normalized spacial score (nSPS) is 22.6. The van der Waals surface area contributed by atoms with Gasteiger partial charge in [0.15, 0.2) is 5.79 Å². The van der Waals surface area contributed by atoms with Crippen LogP contribution in [0.25, 0.3) is 11.4 Å². The van der Waals surface area contributed by atoms with Gasteiger partial charge in [-0.25, -0.2) is 9.78 Å². The van der Waals surface area contributed by atoms with Crippen molar-refractivity contribution in [2.75, 3.05) is 6.61 Å². The van der Waals surface area contributed by atoms with Gasteiger partial charge < -0.3 is 33.8 Å². The number of benzene rings is 2. The molecule has 4 atom stereocenters. The van der Waals surface area contributed by atoms with Crippen molar-refractivity contribution in [1.82, 2.24) is 19.9 Å². The fraction of sp³-hybridized carbons (Fsp3) is 0.424. The lowest BCUT2D eigenvalue weighted by Crippen LogP contribution is -2.47. The van der Waals surface area contributed by atoms with Gasteiger partial charge in [0, 0.05) is 11.8 Å². The van der Waals surface area contributed by atoms with Crippen molar-refractivity contribution in [2.24, 2.45) is 0 Å². The van der Waals surface area contributed by atoms with E-state index in [1.807, 2.05) is 74.5 Å². The summed E-state index contributed by atoms with van der Waals surface area (Å²) in [7, 11) is 0. The first kappa shape index (κ1) is 29.9. The van der Waals surface area contributed by atoms with Gasteiger partial charge >= 0.3 is 6.09 Å². The second-order valence-corrected chi connectivity index (χ2v) is 12.5. The van der Waals surface area contributed by atoms with E-state index < -0.39 is 41.8 Å². The number of rotatable bonds is 8. The van der Waals surface area contributed by atoms with Crippen LogP contribution < -0.4 is 9.47 Å². The summed E-state index contributed by atoms with van der Waals surface area (Å²) >= 11 is 0. The van der Waals surface area contributed by atoms with Crippen LogP contribution in [0.4, 0.5) is 4.79 Å². The van der Waals surface area contributed by atoms with E-state index in [0.717, 1.165) is 11.1 Å². The standard InChI is InChI=1S/C33H38N4O7/c1-32(2,3)44-31(39)37-23(17-38)27-28(43-33(4,5)42-27)26(37)22-16-34-25-24(22)35-30(41-19-21-14-10-7-11-15-21)36-29(25)40-18-20-12-8-6-9-13-20/h6-16,23,26-28,38H,17-19H2,1-5H3,(H,35,36)/t23-,26+,27-,28+/m1/s1. The van der Waals surface area contributed by atoms with Gasteiger partial charge in [0.1, 0.15) is 36.7 Å². The molecular weight excluding hydrogens is 564 g/mol. The third-order valence-corrected chi connectivity index (χ3v) is 7.55. The Balaban J connectivity index is 1.41. The number of aliphatic hydroxyl groups is 1. The Labute approximate surface area is 256 Å². The molecule has 0 aromatic heterocycles. The van der Waals surface area contributed by atoms with Crippen molar-refractivity contribution in [1.29, 1.82) is 0 Å². The monoisotopic (exact) mass is 602 g/mol. The molecule has 2 aromatic carbocycles. The number of nitrogens with zero attached hydrogens (tertiary/aromatic N) is 3. The van der Waals surface area contributed by atoms with E-state index in [4.69, 9.17) is 28.7 Å². The lowest BCUT2D eigenvalue weighted by atomic mass is 10.0. The number of carbonyl (C=O) groups is 1. The summed E-state index contributed by atoms with van der Waals surface area (Å²) in [6.45, 7) is 9.22. The Hall–Kier alpha value is -4.19. The first-order valence-corrected chi connectivity index (χ1v) is 14.7. The molecular formula is C33H38N4O7. The number of H-pyrrole nitrogens is 1. The predicted octanol–water partition coefficient (Wildman–Crippen LogP) is 5.24. The minimum absolute atomic E-state index is 0.222. The van der Waals surface area contributed by atoms with E-state index >= 15 is 0 Å². The van der Waals surface area contributed by atoms with Gasteiger partial charge in [0.25, 0.3) is 6.01 Å². The highest BCUT2D eigenvalue weighted by molar-refractivity contribution is 5.73. The molecule has 2 aromatic rings. The molecule has 232 valence electrons. The summed E-state index contributed by atoms with van der Waals surface area (Å²) < 4.78 is 30.7. The Morgan fingerprint density at radius 3 is 2.20 bits per heavy atom. The molecule has 0 bridgehead atoms. The van der Waals surface area contributed by atoms with E-state index in [1.54, 1.807) is 27.0 Å². The number of fused-ring (bicyclic) bond motifs is 2. The Morgan fingerprint density at radius 2 is 1.59 bits per heavy atom. The molecule has 11 nitrogen and oxygen atoms in total. The molecule has 0 unspecified atom stereocenters. The second kappa shape index (κ2) is 11.7. The van der Waals surface area contributed by atoms with Crippen molar-refractivity contribution in [3.05, 3.63) is 83.6 Å². The maximum Gasteiger partial charge on any atom is 0.411 e. The summed E-state index contributed by atoms with van der Waals surface area (Å²) in [6.07, 6.45) is -0.120. The van der Waals surface area contributed by atoms with Crippen LogP contribution in [-0.4, -0.2) is 67.3 Å². The van der Waals surface area contributed by atoms with Crippen LogP contribution in [0.15, 0.2) is 66.9 Å². The quantitative estimate of drug-likeness (QED) is 0.278. The van der Waals surface area contributed by atoms with Crippen LogP contribution in [0.1, 0.15) is 57.4 Å². The van der Waals surface area contributed by atoms with Crippen LogP contribution in [0, 0.1) is 0 Å². The first-order valence-electron chi connectivity index (χ1n) is 14.7. The van der Waals surface area contributed by atoms with Gasteiger partial charge in [-0.15, -0.1) is 0 Å². The summed E-state index contributed by atoms with van der Waals surface area (Å²) in [6, 6.07) is 18.3. The maximum atomic E-state index is 13.7. The summed E-state index contributed by atoms with van der Waals surface area (Å²) in [5, 5.41) is 10.5. The molecule has 4 aliphatic rings. The molecule has 4 heterocycles. The first-order chi connectivity index (χ1) is 21.0. The Bertz CT molecular complexity index is 1550. The molecule has 0 saturated carbocycles. The van der Waals surface area contributed by atoms with Crippen LogP contribution >= 0.6 is 0 Å². The molecule has 6 rings (SSSR count). The van der Waals surface area contributed by atoms with Crippen molar-refractivity contribution >= 4 is 6.09 Å². The molecule has 11 heteroatoms. The SMILES string of the molecule is CC(C)(C)OC(=O)N1[C@H](CO)[C@H]2OC(C)(C)O[C@H]2[C@@H]1c1cnc2c(OCc3ccccc3)nc(OCc3ccccc3)[nH]c1-2. The Kier molecular flexibility index (Phi) is 7.95. The molecule has 4 aliphatic heterocycles. The van der Waals surface area contributed by atoms with E-state index in [1.165, 1.54) is 4.90 Å². The Morgan fingerprint density at radius 1 is 0.977 bits per heavy atom. The number of aromatic amines is 1. The number of likely N-dealkylation sites (tertiary alicyclic amines) is 1. The number of aromatic nitrogens is 3. The van der Waals surface area contributed by atoms with E-state index in [2.05, 4.69) is 9.97 Å². The van der Waals surface area contributed by atoms with Crippen LogP contribution in [-0.2, 0) is 27.4 Å². The molecule has 44 heavy (non-hydrogen) atoms. The zero-order valence-corrected chi connectivity index (χ0v) is 25.5. The molecule has 0 aliphatic carbocycles. The lowest BCUT2D eigenvalue weighted by Gasteiger charge is -2.35. The third kappa shape index (κ3) is 6.08. The lowest BCUT2D eigenvalue weighted by molar-refractivity contribution is -0.169. The highest BCUT2D eigenvalue weighted by atomic mass is 16.8. The fourth-order valence-electron chi connectivity index (χ4n) is 5.78. The minimum Gasteiger partial charge on any atom is -0.471 e. The van der Waals surface area contributed by atoms with Crippen molar-refractivity contribution in [3.63, 3.8) is 0 Å². The number of aliphatic hydroxyl groups excluding tert-OH is 1. The van der Waals surface area contributed by atoms with Gasteiger partial charge in [-0.3, -0.25) is 4.90 Å². The van der Waals surface area contributed by atoms with Gasteiger partial charge in [-0.2, -0.15) is 4.98 Å². The summed E-state index contributed by atoms with van der Waals surface area (Å²) in [5.41, 5.74) is 2.83. The third-order valence-electron chi connectivity index (χ3n) is 7.55. The largest absolute Gasteiger partial charge is 0.471 e. The average Bonchev–Trinajstić information content (AvgIpc) is 3.63. The number of carbonyl (C=O) groups excluding carboxylic acids is 1. The number of hydrogen-bond acceptors (Lipinski definition) is 9. The smallest absolute Gasteiger partial charge is 0.411 e. The molecule has 2 N–H and O–H groups in total. The van der Waals surface area contributed by atoms with Crippen LogP contribution in [0.3, 0.4) is 0 Å². The topological polar surface area (TPSA) is 128 Å². The van der Waals surface area contributed by atoms with Gasteiger partial charge in [-0.1, -0.05) is 60.7 Å². The van der Waals surface area contributed by atoms with E-state index in [0.29, 0.717) is 17.0 Å². The van der Waals surface area contributed by atoms with Gasteiger partial charge in [0.2, 0.25) is 5.88 Å². The second-order valence-electron chi connectivity index (χ2n) is 12.5. The average molecular weight is 603 g/mol. The van der Waals surface area contributed by atoms with Gasteiger partial charge in [-0.05, 0) is 45.7 Å². The number of nitrogens with one attached hydrogen (secondary N) is 1. The molecule has 2 saturated heterocycles. The number of ether oxygens (including phenoxy) is 5. The van der Waals surface area contributed by atoms with Crippen LogP contribution in [0.2, 0.25) is 0 Å². The molecule has 1 amide bonds. The van der Waals surface area contributed by atoms with Crippen LogP contribution in [0.5, 0.6) is 11.9 Å².